The van der Waals surface area contributed by atoms with Crippen molar-refractivity contribution in [2.75, 3.05) is 27.2 Å². The zero-order chi connectivity index (χ0) is 12.7. The largest absolute Gasteiger partial charge is 0.356 e. The predicted octanol–water partition coefficient (Wildman–Crippen LogP) is 2.48. The molecule has 0 saturated carbocycles. The van der Waals surface area contributed by atoms with Crippen molar-refractivity contribution >= 4 is 34.2 Å². The van der Waals surface area contributed by atoms with E-state index < -0.39 is 0 Å². The van der Waals surface area contributed by atoms with Crippen LogP contribution in [0.3, 0.4) is 0 Å². The van der Waals surface area contributed by atoms with Crippen LogP contribution in [-0.2, 0) is 11.2 Å². The van der Waals surface area contributed by atoms with Crippen molar-refractivity contribution in [2.24, 2.45) is 0 Å². The molecule has 0 aliphatic heterocycles. The minimum absolute atomic E-state index is 0. The third-order valence-electron chi connectivity index (χ3n) is 2.38. The summed E-state index contributed by atoms with van der Waals surface area (Å²) in [6.07, 6.45) is 1.44. The monoisotopic (exact) mass is 334 g/mol. The highest BCUT2D eigenvalue weighted by Gasteiger charge is 2.02. The van der Waals surface area contributed by atoms with Gasteiger partial charge in [-0.3, -0.25) is 4.79 Å². The Hall–Kier alpha value is -0.580. The summed E-state index contributed by atoms with van der Waals surface area (Å²) in [6.45, 7) is 1.74. The van der Waals surface area contributed by atoms with Crippen molar-refractivity contribution in [3.05, 3.63) is 34.3 Å². The molecule has 0 saturated heterocycles. The van der Waals surface area contributed by atoms with E-state index in [4.69, 9.17) is 0 Å². The van der Waals surface area contributed by atoms with Crippen LogP contribution in [0, 0.1) is 0 Å². The van der Waals surface area contributed by atoms with E-state index in [0.29, 0.717) is 6.42 Å². The Balaban J connectivity index is 0.00000289. The van der Waals surface area contributed by atoms with Crippen molar-refractivity contribution in [3.8, 4) is 0 Å². The van der Waals surface area contributed by atoms with Gasteiger partial charge in [-0.05, 0) is 44.8 Å². The molecule has 1 aromatic carbocycles. The standard InChI is InChI=1S/C13H19BrN2O.ClH/c1-16(2)9-3-8-15-13(17)10-11-4-6-12(14)7-5-11;/h4-7H,3,8-10H2,1-2H3,(H,15,17);1H. The van der Waals surface area contributed by atoms with Crippen LogP contribution in [0.4, 0.5) is 0 Å². The van der Waals surface area contributed by atoms with E-state index in [2.05, 4.69) is 26.1 Å². The summed E-state index contributed by atoms with van der Waals surface area (Å²) in [6, 6.07) is 7.83. The predicted molar refractivity (Wildman–Crippen MR) is 81.3 cm³/mol. The summed E-state index contributed by atoms with van der Waals surface area (Å²) >= 11 is 3.37. The molecule has 102 valence electrons. The maximum absolute atomic E-state index is 11.6. The molecule has 18 heavy (non-hydrogen) atoms. The molecule has 0 bridgehead atoms. The van der Waals surface area contributed by atoms with Crippen molar-refractivity contribution in [2.45, 2.75) is 12.8 Å². The lowest BCUT2D eigenvalue weighted by molar-refractivity contribution is -0.120. The molecular formula is C13H20BrClN2O. The highest BCUT2D eigenvalue weighted by atomic mass is 79.9. The van der Waals surface area contributed by atoms with Gasteiger partial charge in [0.15, 0.2) is 0 Å². The van der Waals surface area contributed by atoms with E-state index in [1.165, 1.54) is 0 Å². The molecule has 1 aromatic rings. The molecule has 1 amide bonds. The molecule has 0 heterocycles. The fraction of sp³-hybridized carbons (Fsp3) is 0.462. The van der Waals surface area contributed by atoms with Crippen LogP contribution in [0.15, 0.2) is 28.7 Å². The highest BCUT2D eigenvalue weighted by Crippen LogP contribution is 2.10. The molecule has 3 nitrogen and oxygen atoms in total. The van der Waals surface area contributed by atoms with Crippen molar-refractivity contribution in [1.82, 2.24) is 10.2 Å². The molecule has 1 N–H and O–H groups in total. The van der Waals surface area contributed by atoms with E-state index in [-0.39, 0.29) is 18.3 Å². The summed E-state index contributed by atoms with van der Waals surface area (Å²) in [7, 11) is 4.06. The second-order valence-corrected chi connectivity index (χ2v) is 5.23. The molecular weight excluding hydrogens is 316 g/mol. The number of hydrogen-bond donors (Lipinski definition) is 1. The molecule has 0 aliphatic rings. The number of halogens is 2. The van der Waals surface area contributed by atoms with Gasteiger partial charge < -0.3 is 10.2 Å². The minimum atomic E-state index is 0. The van der Waals surface area contributed by atoms with E-state index in [0.717, 1.165) is 29.5 Å². The molecule has 0 fully saturated rings. The second-order valence-electron chi connectivity index (χ2n) is 4.31. The smallest absolute Gasteiger partial charge is 0.224 e. The number of nitrogens with zero attached hydrogens (tertiary/aromatic N) is 1. The molecule has 0 unspecified atom stereocenters. The van der Waals surface area contributed by atoms with E-state index in [9.17, 15) is 4.79 Å². The Labute approximate surface area is 123 Å². The molecule has 0 radical (unpaired) electrons. The molecule has 0 aromatic heterocycles. The molecule has 5 heteroatoms. The average molecular weight is 336 g/mol. The van der Waals surface area contributed by atoms with Gasteiger partial charge in [0.2, 0.25) is 5.91 Å². The Morgan fingerprint density at radius 2 is 1.89 bits per heavy atom. The number of carbonyl (C=O) groups is 1. The van der Waals surface area contributed by atoms with Crippen LogP contribution >= 0.6 is 28.3 Å². The first-order chi connectivity index (χ1) is 8.08. The van der Waals surface area contributed by atoms with Crippen LogP contribution in [0.1, 0.15) is 12.0 Å². The third kappa shape index (κ3) is 7.69. The quantitative estimate of drug-likeness (QED) is 0.810. The lowest BCUT2D eigenvalue weighted by Crippen LogP contribution is -2.28. The Kier molecular flexibility index (Phi) is 9.06. The number of rotatable bonds is 6. The SMILES string of the molecule is CN(C)CCCNC(=O)Cc1ccc(Br)cc1.Cl. The van der Waals surface area contributed by atoms with Gasteiger partial charge in [0.25, 0.3) is 0 Å². The first kappa shape index (κ1) is 17.4. The van der Waals surface area contributed by atoms with E-state index >= 15 is 0 Å². The summed E-state index contributed by atoms with van der Waals surface area (Å²) in [5, 5.41) is 2.92. The Morgan fingerprint density at radius 3 is 2.44 bits per heavy atom. The van der Waals surface area contributed by atoms with Crippen molar-refractivity contribution in [3.63, 3.8) is 0 Å². The summed E-state index contributed by atoms with van der Waals surface area (Å²) < 4.78 is 1.03. The van der Waals surface area contributed by atoms with Crippen LogP contribution in [0.25, 0.3) is 0 Å². The van der Waals surface area contributed by atoms with Gasteiger partial charge in [-0.1, -0.05) is 28.1 Å². The third-order valence-corrected chi connectivity index (χ3v) is 2.91. The number of carbonyl (C=O) groups excluding carboxylic acids is 1. The lowest BCUT2D eigenvalue weighted by atomic mass is 10.1. The Bertz CT molecular complexity index is 355. The van der Waals surface area contributed by atoms with Gasteiger partial charge in [0.1, 0.15) is 0 Å². The summed E-state index contributed by atoms with van der Waals surface area (Å²) in [5.41, 5.74) is 1.04. The molecule has 0 aliphatic carbocycles. The first-order valence-electron chi connectivity index (χ1n) is 5.74. The second kappa shape index (κ2) is 9.36. The first-order valence-corrected chi connectivity index (χ1v) is 6.53. The van der Waals surface area contributed by atoms with Crippen LogP contribution in [0.5, 0.6) is 0 Å². The zero-order valence-electron chi connectivity index (χ0n) is 10.8. The van der Waals surface area contributed by atoms with Gasteiger partial charge >= 0.3 is 0 Å². The van der Waals surface area contributed by atoms with Crippen molar-refractivity contribution in [1.29, 1.82) is 0 Å². The normalized spacial score (nSPS) is 10.0. The maximum Gasteiger partial charge on any atom is 0.224 e. The Morgan fingerprint density at radius 1 is 1.28 bits per heavy atom. The van der Waals surface area contributed by atoms with Gasteiger partial charge in [-0.15, -0.1) is 12.4 Å². The van der Waals surface area contributed by atoms with Crippen molar-refractivity contribution < 1.29 is 4.79 Å². The number of amides is 1. The zero-order valence-corrected chi connectivity index (χ0v) is 13.2. The molecule has 0 atom stereocenters. The van der Waals surface area contributed by atoms with Gasteiger partial charge in [-0.2, -0.15) is 0 Å². The minimum Gasteiger partial charge on any atom is -0.356 e. The van der Waals surface area contributed by atoms with Gasteiger partial charge in [-0.25, -0.2) is 0 Å². The van der Waals surface area contributed by atoms with E-state index in [1.54, 1.807) is 0 Å². The average Bonchev–Trinajstić information content (AvgIpc) is 2.27. The molecule has 0 spiro atoms. The number of nitrogens with one attached hydrogen (secondary N) is 1. The summed E-state index contributed by atoms with van der Waals surface area (Å²) in [4.78, 5) is 13.7. The van der Waals surface area contributed by atoms with Gasteiger partial charge in [0, 0.05) is 11.0 Å². The highest BCUT2D eigenvalue weighted by molar-refractivity contribution is 9.10. The fourth-order valence-electron chi connectivity index (χ4n) is 1.47. The number of benzene rings is 1. The fourth-order valence-corrected chi connectivity index (χ4v) is 1.74. The maximum atomic E-state index is 11.6. The lowest BCUT2D eigenvalue weighted by Gasteiger charge is -2.09. The van der Waals surface area contributed by atoms with E-state index in [1.807, 2.05) is 38.4 Å². The summed E-state index contributed by atoms with van der Waals surface area (Å²) in [5.74, 6) is 0.0890. The van der Waals surface area contributed by atoms with Crippen LogP contribution in [0.2, 0.25) is 0 Å². The molecule has 1 rings (SSSR count). The van der Waals surface area contributed by atoms with Crippen LogP contribution < -0.4 is 5.32 Å². The number of hydrogen-bond acceptors (Lipinski definition) is 2. The van der Waals surface area contributed by atoms with Gasteiger partial charge in [0.05, 0.1) is 6.42 Å². The topological polar surface area (TPSA) is 32.3 Å². The van der Waals surface area contributed by atoms with Crippen LogP contribution in [-0.4, -0.2) is 38.0 Å².